The van der Waals surface area contributed by atoms with Gasteiger partial charge in [0, 0.05) is 31.3 Å². The van der Waals surface area contributed by atoms with Crippen LogP contribution in [-0.2, 0) is 78.2 Å². The molecule has 8 aromatic rings. The molecule has 2 heterocycles. The third-order valence-electron chi connectivity index (χ3n) is 9.13. The Kier molecular flexibility index (Phi) is 39.1. The summed E-state index contributed by atoms with van der Waals surface area (Å²) in [5.74, 6) is 2.27. The maximum atomic E-state index is 9.87. The van der Waals surface area contributed by atoms with Crippen LogP contribution in [0.3, 0.4) is 0 Å². The second-order valence-electron chi connectivity index (χ2n) is 20.4. The van der Waals surface area contributed by atoms with Crippen molar-refractivity contribution in [2.75, 3.05) is 0 Å². The third-order valence-corrected chi connectivity index (χ3v) is 17.2. The topological polar surface area (TPSA) is 25.8 Å². The maximum Gasteiger partial charge on any atom is 2.00 e. The standard InChI is InChI=1S/C17H14P.C12H7N2.2C8H13Si.2C5H9Si.C5H5.Au.Cu.F6P.Fe.Ti/c1-3-9-15(10-4-1)18(17-13-7-8-14-17)16-11-5-2-6-12-16;1-2-10-6-7-12(14-9-10)11-5-3-4-8-13-11;2*1-9(2,3)8-6-4-5-7-8;2*1-5-6(2,3)4;1-2-4-5-3-1;;;1-7(2,3,4,5)6;;/h1-14H;3-9H;2*4-7H,1-3H3;2*2-4H3;1-5H;;;;;/q7*-1;2*+1;-1;;+2. The van der Waals surface area contributed by atoms with Gasteiger partial charge in [-0.15, -0.1) is 11.6 Å². The van der Waals surface area contributed by atoms with E-state index in [-0.39, 0.29) is 78.2 Å². The summed E-state index contributed by atoms with van der Waals surface area (Å²) in [5.41, 5.74) is 7.30. The first-order valence-electron chi connectivity index (χ1n) is 23.6. The van der Waals surface area contributed by atoms with Gasteiger partial charge in [0.25, 0.3) is 0 Å². The molecule has 0 saturated heterocycles. The fourth-order valence-corrected chi connectivity index (χ4v) is 10.0. The Morgan fingerprint density at radius 1 is 0.487 bits per heavy atom. The van der Waals surface area contributed by atoms with Crippen molar-refractivity contribution in [1.82, 2.24) is 9.97 Å². The number of hydrogen-bond donors (Lipinski definition) is 0. The van der Waals surface area contributed by atoms with Gasteiger partial charge < -0.3 is 30.4 Å². The van der Waals surface area contributed by atoms with E-state index in [1.54, 1.807) is 28.8 Å². The van der Waals surface area contributed by atoms with E-state index in [0.29, 0.717) is 5.56 Å². The summed E-state index contributed by atoms with van der Waals surface area (Å²) in [6, 6.07) is 66.9. The van der Waals surface area contributed by atoms with Gasteiger partial charge in [-0.05, 0) is 28.9 Å². The molecule has 0 aliphatic heterocycles. The Morgan fingerprint density at radius 2 is 0.936 bits per heavy atom. The van der Waals surface area contributed by atoms with Crippen LogP contribution in [-0.4, -0.2) is 42.3 Å². The van der Waals surface area contributed by atoms with Crippen LogP contribution in [0.15, 0.2) is 207 Å². The first-order chi connectivity index (χ1) is 34.1. The van der Waals surface area contributed by atoms with Crippen LogP contribution in [0.25, 0.3) is 11.4 Å². The number of benzene rings is 2. The van der Waals surface area contributed by atoms with Crippen molar-refractivity contribution in [2.24, 2.45) is 0 Å². The van der Waals surface area contributed by atoms with Crippen LogP contribution in [0.4, 0.5) is 25.2 Å². The van der Waals surface area contributed by atoms with E-state index in [2.05, 4.69) is 239 Å². The van der Waals surface area contributed by atoms with Crippen LogP contribution in [0, 0.1) is 36.3 Å². The minimum Gasteiger partial charge on any atom is -0.701 e. The fourth-order valence-electron chi connectivity index (χ4n) is 5.32. The van der Waals surface area contributed by atoms with E-state index >= 15 is 0 Å². The molecule has 0 aliphatic carbocycles. The molecule has 6 aromatic carbocycles. The molecule has 2 nitrogen and oxygen atoms in total. The van der Waals surface area contributed by atoms with Gasteiger partial charge in [0.1, 0.15) is 0 Å². The van der Waals surface area contributed by atoms with Crippen LogP contribution in [0.1, 0.15) is 5.56 Å². The first-order valence-corrected chi connectivity index (χ1v) is 41.0. The van der Waals surface area contributed by atoms with E-state index in [0.717, 1.165) is 11.4 Å². The zero-order chi connectivity index (χ0) is 56.2. The first kappa shape index (κ1) is 81.1. The van der Waals surface area contributed by atoms with Crippen molar-refractivity contribution in [1.29, 1.82) is 0 Å². The Balaban J connectivity index is -0.000000415. The molecule has 0 bridgehead atoms. The average molecular weight is 1470 g/mol. The number of halogens is 6. The van der Waals surface area contributed by atoms with Gasteiger partial charge in [-0.25, -0.2) is 41.6 Å². The molecule has 0 spiro atoms. The Bertz CT molecular complexity index is 2690. The SMILES string of the molecule is C[Si](C)(C)c1cc[cH-]c1.C[Si](C)(C)c1ccc[cH-]1.F[P-](F)(F)(F)(F)F.[Au+].[C-]#C[Si](C)(C)C.[C-]#C[Si](C)(C)C.[C-]#Cc1ccc(-c2ccccn2)nc1.[Cu+].[Fe].[Ti+2].c1cc[cH-]c1.c1ccc(P(c2ccccc2)c2cc[cH-]c2)cc1. The molecule has 8 rings (SSSR count). The summed E-state index contributed by atoms with van der Waals surface area (Å²) in [5, 5.41) is 7.35. The molecule has 18 heteroatoms. The Morgan fingerprint density at radius 3 is 1.21 bits per heavy atom. The molecular weight excluding hydrogens is 1400 g/mol. The Labute approximate surface area is 521 Å². The maximum absolute atomic E-state index is 10.7. The van der Waals surface area contributed by atoms with Gasteiger partial charge in [0.05, 0.1) is 35.6 Å². The second kappa shape index (κ2) is 37.6. The quantitative estimate of drug-likeness (QED) is 0.0545. The Hall–Kier alpha value is -3.38. The fraction of sp³-hybridized carbons (Fsp3) is 0.200. The number of nitrogens with zero attached hydrogens (tertiary/aromatic N) is 2. The molecule has 0 atom stereocenters. The van der Waals surface area contributed by atoms with Gasteiger partial charge in [-0.3, -0.25) is 15.9 Å². The van der Waals surface area contributed by atoms with Crippen LogP contribution >= 0.6 is 15.7 Å². The monoisotopic (exact) mass is 1470 g/mol. The van der Waals surface area contributed by atoms with Crippen molar-refractivity contribution in [3.05, 3.63) is 231 Å². The van der Waals surface area contributed by atoms with E-state index < -0.39 is 48.0 Å². The summed E-state index contributed by atoms with van der Waals surface area (Å²) < 4.78 is 59.2. The van der Waals surface area contributed by atoms with Crippen LogP contribution in [0.2, 0.25) is 78.6 Å². The molecule has 426 valence electrons. The minimum atomic E-state index is -10.7. The van der Waals surface area contributed by atoms with Gasteiger partial charge in [0.2, 0.25) is 0 Å². The molecule has 0 N–H and O–H groups in total. The second-order valence-corrected chi connectivity index (χ2v) is 44.2. The molecule has 0 aliphatic rings. The van der Waals surface area contributed by atoms with Crippen molar-refractivity contribution >= 4 is 74.3 Å². The van der Waals surface area contributed by atoms with Crippen molar-refractivity contribution in [3.63, 3.8) is 0 Å². The van der Waals surface area contributed by atoms with Crippen LogP contribution in [0.5, 0.6) is 0 Å². The van der Waals surface area contributed by atoms with Gasteiger partial charge in [-0.2, -0.15) is 77.2 Å². The molecule has 0 fully saturated rings. The number of pyridine rings is 2. The normalized spacial score (nSPS) is 11.1. The van der Waals surface area contributed by atoms with Crippen LogP contribution < -0.4 is 26.3 Å². The van der Waals surface area contributed by atoms with Crippen molar-refractivity contribution < 1.29 is 103 Å². The molecule has 0 radical (unpaired) electrons. The number of hydrogen-bond acceptors (Lipinski definition) is 2. The number of aromatic nitrogens is 2. The van der Waals surface area contributed by atoms with Gasteiger partial charge in [0.15, 0.2) is 0 Å². The van der Waals surface area contributed by atoms with E-state index in [4.69, 9.17) is 19.3 Å². The summed E-state index contributed by atoms with van der Waals surface area (Å²) >= 11 is 0. The van der Waals surface area contributed by atoms with E-state index in [1.165, 1.54) is 15.9 Å². The molecule has 0 unspecified atom stereocenters. The van der Waals surface area contributed by atoms with Crippen molar-refractivity contribution in [3.8, 4) is 28.4 Å². The third kappa shape index (κ3) is 43.4. The van der Waals surface area contributed by atoms with Crippen molar-refractivity contribution in [2.45, 2.75) is 78.6 Å². The van der Waals surface area contributed by atoms with E-state index in [9.17, 15) is 25.2 Å². The zero-order valence-electron chi connectivity index (χ0n) is 46.1. The average Bonchev–Trinajstić information content (AvgIpc) is 4.19. The predicted octanol–water partition coefficient (Wildman–Crippen LogP) is 16.8. The summed E-state index contributed by atoms with van der Waals surface area (Å²) in [4.78, 5) is 8.35. The largest absolute Gasteiger partial charge is 2.00 e. The van der Waals surface area contributed by atoms with Gasteiger partial charge >= 0.3 is 94.2 Å². The molecule has 0 amide bonds. The molecule has 0 saturated carbocycles. The zero-order valence-corrected chi connectivity index (χ0v) is 57.7. The molecule has 78 heavy (non-hydrogen) atoms. The summed E-state index contributed by atoms with van der Waals surface area (Å²) in [6.45, 7) is 26.7. The predicted molar refractivity (Wildman–Crippen MR) is 321 cm³/mol. The summed E-state index contributed by atoms with van der Waals surface area (Å²) in [6.07, 6.45) is 23.6. The molecule has 2 aromatic heterocycles. The smallest absolute Gasteiger partial charge is 0.701 e. The molecular formula is C60H70AuCuF6FeN2P2Si4Ti-4. The van der Waals surface area contributed by atoms with E-state index in [1.807, 2.05) is 54.6 Å². The summed E-state index contributed by atoms with van der Waals surface area (Å²) in [7, 11) is -15.5. The minimum absolute atomic E-state index is 0. The van der Waals surface area contributed by atoms with Gasteiger partial charge in [-0.1, -0.05) is 159 Å². The number of rotatable bonds is 6.